The van der Waals surface area contributed by atoms with Gasteiger partial charge in [-0.15, -0.1) is 0 Å². The van der Waals surface area contributed by atoms with Crippen LogP contribution in [0.2, 0.25) is 0 Å². The Kier molecular flexibility index (Phi) is 4.61. The van der Waals surface area contributed by atoms with Crippen molar-refractivity contribution in [3.05, 3.63) is 34.8 Å². The van der Waals surface area contributed by atoms with E-state index in [4.69, 9.17) is 0 Å². The fourth-order valence-electron chi connectivity index (χ4n) is 2.74. The lowest BCUT2D eigenvalue weighted by Gasteiger charge is -2.36. The average Bonchev–Trinajstić information content (AvgIpc) is 2.94. The van der Waals surface area contributed by atoms with Crippen molar-refractivity contribution in [2.45, 2.75) is 19.9 Å². The third-order valence-electron chi connectivity index (χ3n) is 4.14. The monoisotopic (exact) mass is 378 g/mol. The molecule has 122 valence electrons. The van der Waals surface area contributed by atoms with E-state index in [1.54, 1.807) is 29.3 Å². The van der Waals surface area contributed by atoms with E-state index in [9.17, 15) is 4.79 Å². The number of hydrogen-bond acceptors (Lipinski definition) is 5. The molecular weight excluding hydrogens is 360 g/mol. The second kappa shape index (κ2) is 6.66. The molecular formula is C15H19BrN6O. The van der Waals surface area contributed by atoms with Crippen molar-refractivity contribution in [2.75, 3.05) is 31.1 Å². The van der Waals surface area contributed by atoms with Crippen LogP contribution in [-0.4, -0.2) is 56.7 Å². The highest BCUT2D eigenvalue weighted by Crippen LogP contribution is 2.20. The summed E-state index contributed by atoms with van der Waals surface area (Å²) >= 11 is 3.43. The number of piperazine rings is 1. The maximum Gasteiger partial charge on any atom is 0.247 e. The van der Waals surface area contributed by atoms with Crippen molar-refractivity contribution in [3.63, 3.8) is 0 Å². The molecule has 7 nitrogen and oxygen atoms in total. The summed E-state index contributed by atoms with van der Waals surface area (Å²) in [6, 6.07) is 1.50. The van der Waals surface area contributed by atoms with Gasteiger partial charge >= 0.3 is 0 Å². The molecule has 0 unspecified atom stereocenters. The molecule has 0 bridgehead atoms. The topological polar surface area (TPSA) is 67.2 Å². The summed E-state index contributed by atoms with van der Waals surface area (Å²) < 4.78 is 2.68. The summed E-state index contributed by atoms with van der Waals surface area (Å²) in [5, 5.41) is 4.29. The molecule has 0 N–H and O–H groups in total. The van der Waals surface area contributed by atoms with Crippen molar-refractivity contribution < 1.29 is 4.79 Å². The van der Waals surface area contributed by atoms with E-state index in [1.165, 1.54) is 0 Å². The molecule has 2 aromatic rings. The zero-order chi connectivity index (χ0) is 16.4. The van der Waals surface area contributed by atoms with Crippen LogP contribution in [0.25, 0.3) is 0 Å². The molecule has 0 spiro atoms. The second-order valence-corrected chi connectivity index (χ2v) is 6.41. The number of aromatic nitrogens is 4. The highest BCUT2D eigenvalue weighted by molar-refractivity contribution is 9.10. The van der Waals surface area contributed by atoms with Gasteiger partial charge in [-0.25, -0.2) is 9.97 Å². The number of hydrogen-bond donors (Lipinski definition) is 0. The Hall–Kier alpha value is -1.96. The third kappa shape index (κ3) is 3.21. The molecule has 2 aromatic heterocycles. The van der Waals surface area contributed by atoms with Crippen LogP contribution in [0.5, 0.6) is 0 Å². The Labute approximate surface area is 143 Å². The number of rotatable bonds is 3. The summed E-state index contributed by atoms with van der Waals surface area (Å²) in [7, 11) is 0. The molecule has 1 amide bonds. The minimum absolute atomic E-state index is 0.0948. The molecule has 0 aliphatic carbocycles. The van der Waals surface area contributed by atoms with Gasteiger partial charge < -0.3 is 9.80 Å². The van der Waals surface area contributed by atoms with E-state index in [0.717, 1.165) is 29.2 Å². The minimum Gasteiger partial charge on any atom is -0.337 e. The zero-order valence-corrected chi connectivity index (χ0v) is 14.8. The van der Waals surface area contributed by atoms with Crippen molar-refractivity contribution in [1.82, 2.24) is 24.6 Å². The number of carbonyl (C=O) groups is 1. The molecule has 1 fully saturated rings. The molecule has 8 heteroatoms. The Morgan fingerprint density at radius 1 is 1.22 bits per heavy atom. The summed E-state index contributed by atoms with van der Waals surface area (Å²) in [5.41, 5.74) is 0.960. The van der Waals surface area contributed by atoms with Crippen LogP contribution in [-0.2, 0) is 4.79 Å². The summed E-state index contributed by atoms with van der Waals surface area (Å²) in [5.74, 6) is 0.817. The first kappa shape index (κ1) is 15.9. The van der Waals surface area contributed by atoms with Crippen LogP contribution in [0.15, 0.2) is 29.1 Å². The van der Waals surface area contributed by atoms with Gasteiger partial charge in [0.25, 0.3) is 0 Å². The maximum atomic E-state index is 12.7. The number of anilines is 1. The lowest BCUT2D eigenvalue weighted by molar-refractivity contribution is -0.134. The van der Waals surface area contributed by atoms with Gasteiger partial charge in [0.1, 0.15) is 6.04 Å². The first-order chi connectivity index (χ1) is 11.1. The van der Waals surface area contributed by atoms with Gasteiger partial charge in [-0.3, -0.25) is 9.48 Å². The molecule has 3 heterocycles. The van der Waals surface area contributed by atoms with Gasteiger partial charge in [-0.05, 0) is 35.8 Å². The van der Waals surface area contributed by atoms with Gasteiger partial charge in [0, 0.05) is 38.6 Å². The predicted octanol–water partition coefficient (Wildman–Crippen LogP) is 1.65. The maximum absolute atomic E-state index is 12.7. The molecule has 3 rings (SSSR count). The largest absolute Gasteiger partial charge is 0.337 e. The van der Waals surface area contributed by atoms with Crippen LogP contribution in [0, 0.1) is 6.92 Å². The number of amides is 1. The summed E-state index contributed by atoms with van der Waals surface area (Å²) in [6.45, 7) is 6.66. The van der Waals surface area contributed by atoms with Crippen molar-refractivity contribution in [2.24, 2.45) is 0 Å². The molecule has 23 heavy (non-hydrogen) atoms. The van der Waals surface area contributed by atoms with E-state index in [2.05, 4.69) is 35.9 Å². The summed E-state index contributed by atoms with van der Waals surface area (Å²) in [4.78, 5) is 25.2. The zero-order valence-electron chi connectivity index (χ0n) is 13.2. The van der Waals surface area contributed by atoms with Crippen LogP contribution in [0.1, 0.15) is 18.7 Å². The lowest BCUT2D eigenvalue weighted by Crippen LogP contribution is -2.50. The van der Waals surface area contributed by atoms with Crippen LogP contribution in [0.4, 0.5) is 5.95 Å². The quantitative estimate of drug-likeness (QED) is 0.812. The smallest absolute Gasteiger partial charge is 0.247 e. The molecule has 1 saturated heterocycles. The highest BCUT2D eigenvalue weighted by atomic mass is 79.9. The van der Waals surface area contributed by atoms with Gasteiger partial charge in [-0.2, -0.15) is 5.10 Å². The number of halogens is 1. The van der Waals surface area contributed by atoms with E-state index in [0.29, 0.717) is 13.1 Å². The number of carbonyl (C=O) groups excluding carboxylic acids is 1. The highest BCUT2D eigenvalue weighted by Gasteiger charge is 2.27. The first-order valence-electron chi connectivity index (χ1n) is 7.58. The van der Waals surface area contributed by atoms with Crippen LogP contribution < -0.4 is 4.90 Å². The molecule has 1 aliphatic heterocycles. The van der Waals surface area contributed by atoms with Crippen molar-refractivity contribution in [3.8, 4) is 0 Å². The molecule has 1 atom stereocenters. The normalized spacial score (nSPS) is 16.5. The molecule has 0 aromatic carbocycles. The van der Waals surface area contributed by atoms with Crippen molar-refractivity contribution >= 4 is 27.8 Å². The van der Waals surface area contributed by atoms with Gasteiger partial charge in [0.05, 0.1) is 16.4 Å². The Morgan fingerprint density at radius 2 is 1.87 bits per heavy atom. The molecule has 1 aliphatic rings. The molecule has 0 radical (unpaired) electrons. The van der Waals surface area contributed by atoms with E-state index in [-0.39, 0.29) is 11.9 Å². The second-order valence-electron chi connectivity index (χ2n) is 5.56. The fourth-order valence-corrected chi connectivity index (χ4v) is 3.02. The average molecular weight is 379 g/mol. The Bertz CT molecular complexity index is 681. The van der Waals surface area contributed by atoms with Crippen molar-refractivity contribution in [1.29, 1.82) is 0 Å². The van der Waals surface area contributed by atoms with E-state index >= 15 is 0 Å². The standard InChI is InChI=1S/C15H19BrN6O/c1-11-13(16)10-19-22(11)12(2)14(23)20-6-8-21(9-7-20)15-17-4-3-5-18-15/h3-5,10,12H,6-9H2,1-2H3/t12-/m0/s1. The number of nitrogens with zero attached hydrogens (tertiary/aromatic N) is 6. The Morgan fingerprint density at radius 3 is 2.43 bits per heavy atom. The van der Waals surface area contributed by atoms with E-state index in [1.807, 2.05) is 18.7 Å². The molecule has 0 saturated carbocycles. The van der Waals surface area contributed by atoms with Gasteiger partial charge in [0.2, 0.25) is 11.9 Å². The first-order valence-corrected chi connectivity index (χ1v) is 8.37. The van der Waals surface area contributed by atoms with Gasteiger partial charge in [0.15, 0.2) is 0 Å². The SMILES string of the molecule is Cc1c(Br)cnn1[C@@H](C)C(=O)N1CCN(c2ncccn2)CC1. The van der Waals surface area contributed by atoms with E-state index < -0.39 is 0 Å². The van der Waals surface area contributed by atoms with Crippen LogP contribution >= 0.6 is 15.9 Å². The lowest BCUT2D eigenvalue weighted by atomic mass is 10.2. The minimum atomic E-state index is -0.305. The Balaban J connectivity index is 1.63. The van der Waals surface area contributed by atoms with Crippen LogP contribution in [0.3, 0.4) is 0 Å². The fraction of sp³-hybridized carbons (Fsp3) is 0.467. The predicted molar refractivity (Wildman–Crippen MR) is 90.2 cm³/mol. The summed E-state index contributed by atoms with van der Waals surface area (Å²) in [6.07, 6.45) is 5.20. The van der Waals surface area contributed by atoms with Gasteiger partial charge in [-0.1, -0.05) is 0 Å². The third-order valence-corrected chi connectivity index (χ3v) is 4.91.